The van der Waals surface area contributed by atoms with Crippen LogP contribution >= 0.6 is 0 Å². The Labute approximate surface area is 112 Å². The Kier molecular flexibility index (Phi) is 3.55. The van der Waals surface area contributed by atoms with Crippen LogP contribution in [0.25, 0.3) is 0 Å². The van der Waals surface area contributed by atoms with E-state index in [2.05, 4.69) is 70.0 Å². The molecule has 0 amide bonds. The smallest absolute Gasteiger partial charge is 0.0158 e. The van der Waals surface area contributed by atoms with E-state index in [0.717, 1.165) is 5.92 Å². The average Bonchev–Trinajstić information content (AvgIpc) is 2.26. The Morgan fingerprint density at radius 3 is 2.00 bits per heavy atom. The van der Waals surface area contributed by atoms with Crippen LogP contribution < -0.4 is 0 Å². The molecule has 0 N–H and O–H groups in total. The summed E-state index contributed by atoms with van der Waals surface area (Å²) in [6.07, 6.45) is 3.81. The Morgan fingerprint density at radius 2 is 1.50 bits per heavy atom. The molecule has 1 saturated heterocycles. The van der Waals surface area contributed by atoms with Crippen LogP contribution in [0, 0.1) is 5.92 Å². The van der Waals surface area contributed by atoms with Gasteiger partial charge in [-0.25, -0.2) is 0 Å². The minimum absolute atomic E-state index is 0.307. The summed E-state index contributed by atoms with van der Waals surface area (Å²) < 4.78 is 0. The van der Waals surface area contributed by atoms with Crippen molar-refractivity contribution in [3.05, 3.63) is 35.9 Å². The lowest BCUT2D eigenvalue weighted by atomic mass is 9.72. The van der Waals surface area contributed by atoms with Gasteiger partial charge in [0.05, 0.1) is 0 Å². The lowest BCUT2D eigenvalue weighted by Crippen LogP contribution is -2.58. The number of nitrogens with zero attached hydrogens (tertiary/aromatic N) is 1. The van der Waals surface area contributed by atoms with Crippen molar-refractivity contribution in [1.29, 1.82) is 0 Å². The number of rotatable bonds is 2. The SMILES string of the molecule is CN1C(C)(C)CC(Cc2ccccc2)CC1(C)C. The van der Waals surface area contributed by atoms with E-state index in [1.807, 2.05) is 0 Å². The molecule has 1 aliphatic heterocycles. The highest BCUT2D eigenvalue weighted by atomic mass is 15.2. The van der Waals surface area contributed by atoms with E-state index >= 15 is 0 Å². The van der Waals surface area contributed by atoms with Crippen LogP contribution in [0.1, 0.15) is 46.1 Å². The third-order valence-electron chi connectivity index (χ3n) is 4.76. The molecule has 0 radical (unpaired) electrons. The first-order chi connectivity index (χ1) is 8.31. The number of hydrogen-bond donors (Lipinski definition) is 0. The molecule has 0 saturated carbocycles. The molecule has 0 aliphatic carbocycles. The summed E-state index contributed by atoms with van der Waals surface area (Å²) in [6.45, 7) is 9.52. The van der Waals surface area contributed by atoms with Crippen LogP contribution in [0.5, 0.6) is 0 Å². The van der Waals surface area contributed by atoms with E-state index in [1.165, 1.54) is 24.8 Å². The zero-order valence-corrected chi connectivity index (χ0v) is 12.5. The highest BCUT2D eigenvalue weighted by Crippen LogP contribution is 2.41. The first-order valence-electron chi connectivity index (χ1n) is 7.09. The molecule has 0 spiro atoms. The van der Waals surface area contributed by atoms with Crippen LogP contribution in [-0.2, 0) is 6.42 Å². The number of likely N-dealkylation sites (tertiary alicyclic amines) is 1. The number of hydrogen-bond acceptors (Lipinski definition) is 1. The van der Waals surface area contributed by atoms with Crippen LogP contribution in [0.4, 0.5) is 0 Å². The Bertz CT molecular complexity index is 373. The largest absolute Gasteiger partial charge is 0.296 e. The summed E-state index contributed by atoms with van der Waals surface area (Å²) in [7, 11) is 2.28. The van der Waals surface area contributed by atoms with E-state index in [-0.39, 0.29) is 0 Å². The fourth-order valence-corrected chi connectivity index (χ4v) is 3.67. The maximum absolute atomic E-state index is 2.56. The molecule has 100 valence electrons. The molecule has 2 rings (SSSR count). The van der Waals surface area contributed by atoms with Crippen molar-refractivity contribution in [3.63, 3.8) is 0 Å². The zero-order chi connectivity index (χ0) is 13.4. The van der Waals surface area contributed by atoms with Gasteiger partial charge < -0.3 is 0 Å². The summed E-state index contributed by atoms with van der Waals surface area (Å²) in [5.74, 6) is 0.800. The minimum Gasteiger partial charge on any atom is -0.296 e. The monoisotopic (exact) mass is 245 g/mol. The summed E-state index contributed by atoms with van der Waals surface area (Å²) in [4.78, 5) is 2.56. The van der Waals surface area contributed by atoms with Gasteiger partial charge in [-0.05, 0) is 65.5 Å². The van der Waals surface area contributed by atoms with Crippen molar-refractivity contribution in [2.75, 3.05) is 7.05 Å². The second kappa shape index (κ2) is 4.70. The Hall–Kier alpha value is -0.820. The predicted molar refractivity (Wildman–Crippen MR) is 78.8 cm³/mol. The fraction of sp³-hybridized carbons (Fsp3) is 0.647. The van der Waals surface area contributed by atoms with Gasteiger partial charge in [-0.3, -0.25) is 4.90 Å². The van der Waals surface area contributed by atoms with E-state index in [0.29, 0.717) is 11.1 Å². The summed E-state index contributed by atoms with van der Waals surface area (Å²) in [5, 5.41) is 0. The van der Waals surface area contributed by atoms with Gasteiger partial charge in [0.1, 0.15) is 0 Å². The van der Waals surface area contributed by atoms with Gasteiger partial charge in [0.25, 0.3) is 0 Å². The molecule has 0 bridgehead atoms. The van der Waals surface area contributed by atoms with Gasteiger partial charge in [0.15, 0.2) is 0 Å². The van der Waals surface area contributed by atoms with Crippen LogP contribution in [0.15, 0.2) is 30.3 Å². The third-order valence-corrected chi connectivity index (χ3v) is 4.76. The van der Waals surface area contributed by atoms with Crippen molar-refractivity contribution in [3.8, 4) is 0 Å². The molecule has 1 aliphatic rings. The molecule has 1 nitrogen and oxygen atoms in total. The van der Waals surface area contributed by atoms with Crippen LogP contribution in [0.2, 0.25) is 0 Å². The minimum atomic E-state index is 0.307. The molecule has 1 heterocycles. The average molecular weight is 245 g/mol. The second-order valence-electron chi connectivity index (χ2n) is 7.15. The Balaban J connectivity index is 2.12. The van der Waals surface area contributed by atoms with Crippen LogP contribution in [0.3, 0.4) is 0 Å². The van der Waals surface area contributed by atoms with Gasteiger partial charge >= 0.3 is 0 Å². The molecule has 1 aromatic carbocycles. The van der Waals surface area contributed by atoms with Gasteiger partial charge in [0, 0.05) is 11.1 Å². The molecular formula is C17H27N. The van der Waals surface area contributed by atoms with Gasteiger partial charge in [-0.15, -0.1) is 0 Å². The normalized spacial score (nSPS) is 24.1. The molecular weight excluding hydrogens is 218 g/mol. The first kappa shape index (κ1) is 13.6. The van der Waals surface area contributed by atoms with E-state index in [1.54, 1.807) is 0 Å². The topological polar surface area (TPSA) is 3.24 Å². The molecule has 1 fully saturated rings. The van der Waals surface area contributed by atoms with Crippen molar-refractivity contribution in [2.24, 2.45) is 5.92 Å². The summed E-state index contributed by atoms with van der Waals surface area (Å²) in [5.41, 5.74) is 2.10. The summed E-state index contributed by atoms with van der Waals surface area (Å²) in [6, 6.07) is 10.9. The standard InChI is InChI=1S/C17H27N/c1-16(2)12-15(13-17(3,4)18(16)5)11-14-9-7-6-8-10-14/h6-10,15H,11-13H2,1-5H3. The summed E-state index contributed by atoms with van der Waals surface area (Å²) >= 11 is 0. The lowest BCUT2D eigenvalue weighted by molar-refractivity contribution is -0.0296. The molecule has 0 aromatic heterocycles. The van der Waals surface area contributed by atoms with Gasteiger partial charge in [-0.2, -0.15) is 0 Å². The van der Waals surface area contributed by atoms with Crippen molar-refractivity contribution in [1.82, 2.24) is 4.90 Å². The third kappa shape index (κ3) is 2.77. The van der Waals surface area contributed by atoms with Gasteiger partial charge in [0.2, 0.25) is 0 Å². The zero-order valence-electron chi connectivity index (χ0n) is 12.5. The van der Waals surface area contributed by atoms with Gasteiger partial charge in [-0.1, -0.05) is 30.3 Å². The second-order valence-corrected chi connectivity index (χ2v) is 7.15. The highest BCUT2D eigenvalue weighted by molar-refractivity contribution is 5.16. The van der Waals surface area contributed by atoms with E-state index in [9.17, 15) is 0 Å². The quantitative estimate of drug-likeness (QED) is 0.757. The molecule has 1 aromatic rings. The van der Waals surface area contributed by atoms with Crippen molar-refractivity contribution >= 4 is 0 Å². The number of piperidine rings is 1. The van der Waals surface area contributed by atoms with Crippen LogP contribution in [-0.4, -0.2) is 23.0 Å². The number of benzene rings is 1. The highest BCUT2D eigenvalue weighted by Gasteiger charge is 2.42. The maximum Gasteiger partial charge on any atom is 0.0158 e. The predicted octanol–water partition coefficient (Wildman–Crippen LogP) is 4.13. The van der Waals surface area contributed by atoms with E-state index in [4.69, 9.17) is 0 Å². The fourth-order valence-electron chi connectivity index (χ4n) is 3.67. The lowest BCUT2D eigenvalue weighted by Gasteiger charge is -2.54. The first-order valence-corrected chi connectivity index (χ1v) is 7.09. The molecule has 18 heavy (non-hydrogen) atoms. The molecule has 0 unspecified atom stereocenters. The van der Waals surface area contributed by atoms with Crippen molar-refractivity contribution < 1.29 is 0 Å². The molecule has 0 atom stereocenters. The van der Waals surface area contributed by atoms with Crippen molar-refractivity contribution in [2.45, 2.75) is 58.0 Å². The van der Waals surface area contributed by atoms with E-state index < -0.39 is 0 Å². The maximum atomic E-state index is 2.56. The molecule has 1 heteroatoms. The Morgan fingerprint density at radius 1 is 1.00 bits per heavy atom.